The lowest BCUT2D eigenvalue weighted by Crippen LogP contribution is -2.40. The summed E-state index contributed by atoms with van der Waals surface area (Å²) in [4.78, 5) is 6.66. The van der Waals surface area contributed by atoms with Crippen molar-refractivity contribution in [3.63, 3.8) is 0 Å². The van der Waals surface area contributed by atoms with Crippen molar-refractivity contribution < 1.29 is 9.84 Å². The van der Waals surface area contributed by atoms with Crippen LogP contribution in [0.25, 0.3) is 0 Å². The van der Waals surface area contributed by atoms with E-state index in [-0.39, 0.29) is 24.0 Å². The van der Waals surface area contributed by atoms with Crippen molar-refractivity contribution in [3.05, 3.63) is 12.7 Å². The zero-order valence-electron chi connectivity index (χ0n) is 15.4. The first-order valence-electron chi connectivity index (χ1n) is 9.03. The molecule has 24 heavy (non-hydrogen) atoms. The first-order chi connectivity index (χ1) is 11.2. The van der Waals surface area contributed by atoms with Crippen molar-refractivity contribution in [2.24, 2.45) is 10.9 Å². The summed E-state index contributed by atoms with van der Waals surface area (Å²) >= 11 is 0. The average molecular weight is 453 g/mol. The molecule has 1 saturated carbocycles. The molecule has 1 unspecified atom stereocenters. The van der Waals surface area contributed by atoms with Crippen molar-refractivity contribution in [2.75, 3.05) is 39.9 Å². The molecule has 0 spiro atoms. The number of unbranched alkanes of at least 4 members (excludes halogenated alkanes) is 3. The number of nitrogens with one attached hydrogen (secondary N) is 1. The maximum Gasteiger partial charge on any atom is 0.193 e. The van der Waals surface area contributed by atoms with Crippen LogP contribution in [0.5, 0.6) is 0 Å². The quantitative estimate of drug-likeness (QED) is 0.148. The normalized spacial score (nSPS) is 15.5. The van der Waals surface area contributed by atoms with E-state index in [1.165, 1.54) is 25.7 Å². The second kappa shape index (κ2) is 15.0. The molecule has 0 heterocycles. The third kappa shape index (κ3) is 12.1. The number of guanidine groups is 1. The highest BCUT2D eigenvalue weighted by molar-refractivity contribution is 14.0. The molecule has 0 saturated heterocycles. The van der Waals surface area contributed by atoms with E-state index in [0.29, 0.717) is 13.2 Å². The van der Waals surface area contributed by atoms with Gasteiger partial charge in [-0.25, -0.2) is 0 Å². The number of halogens is 1. The predicted molar refractivity (Wildman–Crippen MR) is 112 cm³/mol. The summed E-state index contributed by atoms with van der Waals surface area (Å²) in [6, 6.07) is 0. The van der Waals surface area contributed by atoms with Gasteiger partial charge in [0.2, 0.25) is 0 Å². The number of aliphatic hydroxyl groups is 1. The Morgan fingerprint density at radius 2 is 2.17 bits per heavy atom. The van der Waals surface area contributed by atoms with Crippen LogP contribution in [0.3, 0.4) is 0 Å². The monoisotopic (exact) mass is 453 g/mol. The summed E-state index contributed by atoms with van der Waals surface area (Å²) in [5.74, 6) is 1.59. The van der Waals surface area contributed by atoms with E-state index < -0.39 is 6.10 Å². The summed E-state index contributed by atoms with van der Waals surface area (Å²) < 4.78 is 5.51. The van der Waals surface area contributed by atoms with Gasteiger partial charge in [-0.3, -0.25) is 4.99 Å². The number of rotatable bonds is 13. The van der Waals surface area contributed by atoms with Gasteiger partial charge >= 0.3 is 0 Å². The van der Waals surface area contributed by atoms with Gasteiger partial charge in [0.15, 0.2) is 5.96 Å². The van der Waals surface area contributed by atoms with Crippen LogP contribution >= 0.6 is 24.0 Å². The van der Waals surface area contributed by atoms with Gasteiger partial charge in [0.25, 0.3) is 0 Å². The number of hydrogen-bond acceptors (Lipinski definition) is 3. The molecular formula is C18H36IN3O2. The predicted octanol–water partition coefficient (Wildman–Crippen LogP) is 3.04. The largest absolute Gasteiger partial charge is 0.389 e. The first-order valence-corrected chi connectivity index (χ1v) is 9.03. The van der Waals surface area contributed by atoms with Gasteiger partial charge in [0.05, 0.1) is 19.3 Å². The van der Waals surface area contributed by atoms with Crippen molar-refractivity contribution in [1.82, 2.24) is 10.2 Å². The standard InChI is InChI=1S/C18H35N3O2.HI/c1-4-6-7-8-9-12-21(3)18(19-5-2)20-13-17(22)15-23-14-16-10-11-16;/h4,16-17,22H,1,5-15H2,2-3H3,(H,19,20);1H. The third-order valence-corrected chi connectivity index (χ3v) is 3.91. The summed E-state index contributed by atoms with van der Waals surface area (Å²) in [6.45, 7) is 9.15. The molecule has 1 rings (SSSR count). The molecule has 1 fully saturated rings. The minimum Gasteiger partial charge on any atom is -0.389 e. The summed E-state index contributed by atoms with van der Waals surface area (Å²) in [7, 11) is 2.05. The highest BCUT2D eigenvalue weighted by Gasteiger charge is 2.21. The van der Waals surface area contributed by atoms with Gasteiger partial charge in [0, 0.05) is 26.7 Å². The smallest absolute Gasteiger partial charge is 0.193 e. The molecule has 0 radical (unpaired) electrons. The van der Waals surface area contributed by atoms with Crippen LogP contribution < -0.4 is 5.32 Å². The third-order valence-electron chi connectivity index (χ3n) is 3.91. The van der Waals surface area contributed by atoms with Crippen LogP contribution in [0.15, 0.2) is 17.6 Å². The van der Waals surface area contributed by atoms with Crippen molar-refractivity contribution in [2.45, 2.75) is 51.6 Å². The SMILES string of the molecule is C=CCCCCCN(C)C(=NCC(O)COCC1CC1)NCC.I. The lowest BCUT2D eigenvalue weighted by atomic mass is 10.2. The number of nitrogens with zero attached hydrogens (tertiary/aromatic N) is 2. The first kappa shape index (κ1) is 23.7. The Hall–Kier alpha value is -0.340. The topological polar surface area (TPSA) is 57.1 Å². The Balaban J connectivity index is 0.00000529. The van der Waals surface area contributed by atoms with E-state index in [1.54, 1.807) is 0 Å². The van der Waals surface area contributed by atoms with E-state index >= 15 is 0 Å². The molecule has 6 heteroatoms. The van der Waals surface area contributed by atoms with Crippen LogP contribution in [0.4, 0.5) is 0 Å². The van der Waals surface area contributed by atoms with E-state index in [4.69, 9.17) is 4.74 Å². The molecule has 0 aliphatic heterocycles. The number of aliphatic imine (C=N–C) groups is 1. The molecule has 1 aliphatic carbocycles. The van der Waals surface area contributed by atoms with E-state index in [0.717, 1.165) is 44.4 Å². The minimum atomic E-state index is -0.525. The molecule has 1 aliphatic rings. The Morgan fingerprint density at radius 3 is 2.79 bits per heavy atom. The maximum absolute atomic E-state index is 9.97. The number of allylic oxidation sites excluding steroid dienone is 1. The Morgan fingerprint density at radius 1 is 1.42 bits per heavy atom. The fraction of sp³-hybridized carbons (Fsp3) is 0.833. The molecule has 1 atom stereocenters. The zero-order chi connectivity index (χ0) is 16.9. The Bertz CT molecular complexity index is 349. The van der Waals surface area contributed by atoms with Crippen LogP contribution in [0.1, 0.15) is 45.4 Å². The zero-order valence-corrected chi connectivity index (χ0v) is 17.7. The molecule has 0 aromatic carbocycles. The van der Waals surface area contributed by atoms with E-state index in [1.807, 2.05) is 13.1 Å². The number of hydrogen-bond donors (Lipinski definition) is 2. The fourth-order valence-corrected chi connectivity index (χ4v) is 2.29. The molecule has 0 aromatic rings. The van der Waals surface area contributed by atoms with Crippen LogP contribution in [-0.4, -0.2) is 62.0 Å². The van der Waals surface area contributed by atoms with Gasteiger partial charge in [-0.05, 0) is 44.9 Å². The van der Waals surface area contributed by atoms with Gasteiger partial charge in [-0.1, -0.05) is 12.5 Å². The average Bonchev–Trinajstić information content (AvgIpc) is 3.35. The molecule has 2 N–H and O–H groups in total. The lowest BCUT2D eigenvalue weighted by Gasteiger charge is -2.22. The van der Waals surface area contributed by atoms with Gasteiger partial charge in [-0.15, -0.1) is 30.6 Å². The highest BCUT2D eigenvalue weighted by Crippen LogP contribution is 2.28. The Kier molecular flexibility index (Phi) is 14.7. The van der Waals surface area contributed by atoms with Gasteiger partial charge < -0.3 is 20.1 Å². The van der Waals surface area contributed by atoms with Crippen LogP contribution in [0.2, 0.25) is 0 Å². The van der Waals surface area contributed by atoms with Crippen LogP contribution in [-0.2, 0) is 4.74 Å². The molecule has 0 amide bonds. The minimum absolute atomic E-state index is 0. The van der Waals surface area contributed by atoms with Crippen molar-refractivity contribution in [1.29, 1.82) is 0 Å². The maximum atomic E-state index is 9.97. The second-order valence-electron chi connectivity index (χ2n) is 6.39. The Labute approximate surface area is 165 Å². The lowest BCUT2D eigenvalue weighted by molar-refractivity contribution is 0.0367. The summed E-state index contributed by atoms with van der Waals surface area (Å²) in [6.07, 6.45) is 8.63. The molecule has 5 nitrogen and oxygen atoms in total. The van der Waals surface area contributed by atoms with Gasteiger partial charge in [-0.2, -0.15) is 0 Å². The van der Waals surface area contributed by atoms with E-state index in [9.17, 15) is 5.11 Å². The van der Waals surface area contributed by atoms with E-state index in [2.05, 4.69) is 28.7 Å². The molecular weight excluding hydrogens is 417 g/mol. The summed E-state index contributed by atoms with van der Waals surface area (Å²) in [5, 5.41) is 13.2. The fourth-order valence-electron chi connectivity index (χ4n) is 2.29. The van der Waals surface area contributed by atoms with Gasteiger partial charge in [0.1, 0.15) is 0 Å². The van der Waals surface area contributed by atoms with Crippen molar-refractivity contribution in [3.8, 4) is 0 Å². The second-order valence-corrected chi connectivity index (χ2v) is 6.39. The molecule has 0 bridgehead atoms. The number of ether oxygens (including phenoxy) is 1. The number of aliphatic hydroxyl groups excluding tert-OH is 1. The molecule has 0 aromatic heterocycles. The molecule has 142 valence electrons. The highest BCUT2D eigenvalue weighted by atomic mass is 127. The van der Waals surface area contributed by atoms with Crippen molar-refractivity contribution >= 4 is 29.9 Å². The van der Waals surface area contributed by atoms with Crippen LogP contribution in [0, 0.1) is 5.92 Å². The summed E-state index contributed by atoms with van der Waals surface area (Å²) in [5.41, 5.74) is 0.